The van der Waals surface area contributed by atoms with Gasteiger partial charge in [-0.05, 0) is 77.4 Å². The Kier molecular flexibility index (Phi) is 14.4. The Hall–Kier alpha value is 0.0338. The van der Waals surface area contributed by atoms with Crippen molar-refractivity contribution in [3.8, 4) is 0 Å². The Morgan fingerprint density at radius 3 is 1.98 bits per heavy atom. The minimum atomic E-state index is -2.01. The van der Waals surface area contributed by atoms with Crippen molar-refractivity contribution in [3.05, 3.63) is 22.3 Å². The predicted molar refractivity (Wildman–Crippen MR) is 186 cm³/mol. The Labute approximate surface area is 264 Å². The molecule has 1 aliphatic heterocycles. The maximum Gasteiger partial charge on any atom is 0.330 e. The van der Waals surface area contributed by atoms with Crippen LogP contribution in [0.15, 0.2) is 22.3 Å². The molecule has 7 heteroatoms. The maximum atomic E-state index is 12.1. The third-order valence-corrected chi connectivity index (χ3v) is 19.5. The van der Waals surface area contributed by atoms with Crippen LogP contribution in [0.4, 0.5) is 0 Å². The van der Waals surface area contributed by atoms with Gasteiger partial charge in [-0.15, -0.1) is 0 Å². The first kappa shape index (κ1) is 38.1. The van der Waals surface area contributed by atoms with Crippen LogP contribution in [-0.4, -0.2) is 40.9 Å². The van der Waals surface area contributed by atoms with E-state index in [0.29, 0.717) is 17.8 Å². The lowest BCUT2D eigenvalue weighted by molar-refractivity contribution is -0.152. The molecule has 234 valence electrons. The molecular formula is C33H63IO4Si2. The molecule has 0 aromatic rings. The summed E-state index contributed by atoms with van der Waals surface area (Å²) in [4.78, 5) is 12.1. The fourth-order valence-electron chi connectivity index (χ4n) is 5.22. The lowest BCUT2D eigenvalue weighted by Gasteiger charge is -2.44. The van der Waals surface area contributed by atoms with E-state index in [1.54, 1.807) is 6.08 Å². The lowest BCUT2D eigenvalue weighted by atomic mass is 9.82. The molecule has 0 aliphatic carbocycles. The molecule has 0 saturated heterocycles. The summed E-state index contributed by atoms with van der Waals surface area (Å²) >= 11 is 2.33. The van der Waals surface area contributed by atoms with Crippen LogP contribution in [0.2, 0.25) is 36.3 Å². The Morgan fingerprint density at radius 2 is 1.48 bits per heavy atom. The van der Waals surface area contributed by atoms with E-state index >= 15 is 0 Å². The molecule has 0 spiro atoms. The van der Waals surface area contributed by atoms with Gasteiger partial charge < -0.3 is 13.6 Å². The first-order chi connectivity index (χ1) is 18.0. The summed E-state index contributed by atoms with van der Waals surface area (Å²) in [5.41, 5.74) is 0. The van der Waals surface area contributed by atoms with Crippen LogP contribution in [0.1, 0.15) is 95.4 Å². The van der Waals surface area contributed by atoms with E-state index in [-0.39, 0.29) is 46.2 Å². The second kappa shape index (κ2) is 15.2. The van der Waals surface area contributed by atoms with E-state index < -0.39 is 16.6 Å². The first-order valence-corrected chi connectivity index (χ1v) is 22.6. The van der Waals surface area contributed by atoms with E-state index in [2.05, 4.69) is 135 Å². The molecule has 1 heterocycles. The van der Waals surface area contributed by atoms with Gasteiger partial charge >= 0.3 is 5.97 Å². The topological polar surface area (TPSA) is 44.8 Å². The predicted octanol–water partition coefficient (Wildman–Crippen LogP) is 10.5. The molecule has 4 nitrogen and oxygen atoms in total. The highest BCUT2D eigenvalue weighted by Gasteiger charge is 2.43. The molecule has 1 aliphatic rings. The van der Waals surface area contributed by atoms with Crippen molar-refractivity contribution in [2.75, 3.05) is 0 Å². The van der Waals surface area contributed by atoms with Crippen molar-refractivity contribution in [1.29, 1.82) is 0 Å². The highest BCUT2D eigenvalue weighted by molar-refractivity contribution is 14.1. The normalized spacial score (nSPS) is 23.9. The minimum Gasteiger partial charge on any atom is -0.458 e. The number of rotatable bonds is 14. The van der Waals surface area contributed by atoms with Crippen LogP contribution in [0.5, 0.6) is 0 Å². The monoisotopic (exact) mass is 706 g/mol. The largest absolute Gasteiger partial charge is 0.458 e. The quantitative estimate of drug-likeness (QED) is 0.102. The zero-order valence-electron chi connectivity index (χ0n) is 28.6. The molecule has 0 N–H and O–H groups in total. The third kappa shape index (κ3) is 10.9. The first-order valence-electron chi connectivity index (χ1n) is 15.6. The van der Waals surface area contributed by atoms with Crippen LogP contribution >= 0.6 is 22.6 Å². The fourth-order valence-corrected chi connectivity index (χ4v) is 8.80. The van der Waals surface area contributed by atoms with Gasteiger partial charge in [0, 0.05) is 17.9 Å². The molecule has 0 amide bonds. The summed E-state index contributed by atoms with van der Waals surface area (Å²) in [5.74, 6) is 1.46. The standard InChI is InChI=1S/C33H63IO4Si2/c1-23(22-26(4)30(25(3)20-21-34)38-40(14,15)33(9,10)11)16-18-28(37-39(12,13)32(6,7)8)27(5)31-24(2)17-19-29(35)36-31/h17,19-21,23-28,30-31H,16,18,22H2,1-15H3/b21-20-/t23-,24-,25-,26-,27-,28+,30-,31-/m0/s1. The second-order valence-electron chi connectivity index (χ2n) is 15.8. The van der Waals surface area contributed by atoms with Gasteiger partial charge in [0.05, 0.1) is 12.2 Å². The molecular weight excluding hydrogens is 643 g/mol. The van der Waals surface area contributed by atoms with Gasteiger partial charge in [-0.3, -0.25) is 0 Å². The van der Waals surface area contributed by atoms with Gasteiger partial charge in [-0.25, -0.2) is 4.79 Å². The van der Waals surface area contributed by atoms with Crippen molar-refractivity contribution in [3.63, 3.8) is 0 Å². The van der Waals surface area contributed by atoms with Gasteiger partial charge in [-0.2, -0.15) is 0 Å². The summed E-state index contributed by atoms with van der Waals surface area (Å²) in [6.07, 6.45) is 9.16. The maximum absolute atomic E-state index is 12.1. The number of halogens is 1. The minimum absolute atomic E-state index is 0.0607. The zero-order valence-corrected chi connectivity index (χ0v) is 32.7. The number of hydrogen-bond donors (Lipinski definition) is 0. The average Bonchev–Trinajstić information content (AvgIpc) is 2.79. The number of hydrogen-bond acceptors (Lipinski definition) is 4. The summed E-state index contributed by atoms with van der Waals surface area (Å²) < 4.78 is 22.1. The third-order valence-electron chi connectivity index (χ3n) is 10.1. The highest BCUT2D eigenvalue weighted by Crippen LogP contribution is 2.42. The number of carbonyl (C=O) groups is 1. The van der Waals surface area contributed by atoms with E-state index in [4.69, 9.17) is 13.6 Å². The van der Waals surface area contributed by atoms with Crippen LogP contribution in [-0.2, 0) is 18.4 Å². The van der Waals surface area contributed by atoms with Gasteiger partial charge in [0.2, 0.25) is 0 Å². The number of cyclic esters (lactones) is 1. The van der Waals surface area contributed by atoms with Gasteiger partial charge in [0.1, 0.15) is 6.10 Å². The summed E-state index contributed by atoms with van der Waals surface area (Å²) in [6, 6.07) is 0. The molecule has 0 aromatic heterocycles. The van der Waals surface area contributed by atoms with Crippen molar-refractivity contribution < 1.29 is 18.4 Å². The molecule has 0 radical (unpaired) electrons. The zero-order chi connectivity index (χ0) is 31.3. The SMILES string of the molecule is C[C@@H](CC[C@@H](O[Si](C)(C)C(C)(C)C)[C@H](C)[C@H]1OC(=O)C=C[C@@H]1C)C[C@H](C)[C@@H](O[Si](C)(C)C(C)(C)C)[C@@H](C)/C=C\I. The Bertz CT molecular complexity index is 855. The van der Waals surface area contributed by atoms with Crippen molar-refractivity contribution in [2.45, 2.75) is 150 Å². The molecule has 0 fully saturated rings. The van der Waals surface area contributed by atoms with Crippen molar-refractivity contribution in [1.82, 2.24) is 0 Å². The van der Waals surface area contributed by atoms with Gasteiger partial charge in [-0.1, -0.05) is 111 Å². The second-order valence-corrected chi connectivity index (χ2v) is 26.0. The number of esters is 1. The van der Waals surface area contributed by atoms with Crippen LogP contribution in [0.25, 0.3) is 0 Å². The molecule has 0 saturated carbocycles. The Balaban J connectivity index is 3.09. The highest BCUT2D eigenvalue weighted by atomic mass is 127. The number of ether oxygens (including phenoxy) is 1. The average molecular weight is 707 g/mol. The van der Waals surface area contributed by atoms with Gasteiger partial charge in [0.15, 0.2) is 16.6 Å². The van der Waals surface area contributed by atoms with Crippen LogP contribution in [0, 0.1) is 29.6 Å². The van der Waals surface area contributed by atoms with Crippen molar-refractivity contribution in [2.24, 2.45) is 29.6 Å². The fraction of sp³-hybridized carbons (Fsp3) is 0.848. The molecule has 8 atom stereocenters. The molecule has 40 heavy (non-hydrogen) atoms. The van der Waals surface area contributed by atoms with E-state index in [0.717, 1.165) is 19.3 Å². The van der Waals surface area contributed by atoms with E-state index in [1.165, 1.54) is 0 Å². The smallest absolute Gasteiger partial charge is 0.330 e. The lowest BCUT2D eigenvalue weighted by Crippen LogP contribution is -2.49. The van der Waals surface area contributed by atoms with Crippen LogP contribution in [0.3, 0.4) is 0 Å². The van der Waals surface area contributed by atoms with E-state index in [9.17, 15) is 4.79 Å². The van der Waals surface area contributed by atoms with Gasteiger partial charge in [0.25, 0.3) is 0 Å². The summed E-state index contributed by atoms with van der Waals surface area (Å²) in [5, 5.41) is 0.306. The molecule has 0 bridgehead atoms. The Morgan fingerprint density at radius 1 is 0.950 bits per heavy atom. The van der Waals surface area contributed by atoms with Crippen LogP contribution < -0.4 is 0 Å². The summed E-state index contributed by atoms with van der Waals surface area (Å²) in [7, 11) is -3.91. The number of carbonyl (C=O) groups excluding carboxylic acids is 1. The molecule has 0 unspecified atom stereocenters. The molecule has 1 rings (SSSR count). The summed E-state index contributed by atoms with van der Waals surface area (Å²) in [6.45, 7) is 34.7. The molecule has 0 aromatic carbocycles. The van der Waals surface area contributed by atoms with E-state index in [1.807, 2.05) is 6.08 Å². The van der Waals surface area contributed by atoms with Crippen molar-refractivity contribution >= 4 is 45.2 Å².